The fraction of sp³-hybridized carbons (Fsp3) is 0.125. The summed E-state index contributed by atoms with van der Waals surface area (Å²) in [4.78, 5) is 28.6. The van der Waals surface area contributed by atoms with E-state index in [4.69, 9.17) is 4.74 Å². The first kappa shape index (κ1) is 25.0. The molecule has 1 heterocycles. The van der Waals surface area contributed by atoms with Gasteiger partial charge in [-0.15, -0.1) is 0 Å². The Morgan fingerprint density at radius 3 is 2.61 bits per heavy atom. The first-order chi connectivity index (χ1) is 17.1. The molecule has 184 valence electrons. The molecule has 0 amide bonds. The van der Waals surface area contributed by atoms with Crippen LogP contribution in [0.2, 0.25) is 0 Å². The van der Waals surface area contributed by atoms with Crippen LogP contribution in [0.25, 0.3) is 22.3 Å². The third-order valence-electron chi connectivity index (χ3n) is 5.06. The zero-order valence-corrected chi connectivity index (χ0v) is 20.1. The van der Waals surface area contributed by atoms with Crippen LogP contribution >= 0.6 is 15.9 Å². The molecule has 0 radical (unpaired) electrons. The van der Waals surface area contributed by atoms with Crippen LogP contribution in [0.5, 0.6) is 5.75 Å². The molecule has 0 N–H and O–H groups in total. The predicted octanol–water partition coefficient (Wildman–Crippen LogP) is 6.03. The predicted molar refractivity (Wildman–Crippen MR) is 131 cm³/mol. The van der Waals surface area contributed by atoms with Gasteiger partial charge in [0.1, 0.15) is 0 Å². The molecule has 4 aromatic rings. The highest BCUT2D eigenvalue weighted by molar-refractivity contribution is 9.10. The Balaban J connectivity index is 1.91. The molecule has 0 unspecified atom stereocenters. The van der Waals surface area contributed by atoms with E-state index in [9.17, 15) is 28.1 Å². The van der Waals surface area contributed by atoms with Crippen molar-refractivity contribution in [2.75, 3.05) is 6.61 Å². The van der Waals surface area contributed by atoms with Crippen molar-refractivity contribution in [2.24, 2.45) is 5.10 Å². The third kappa shape index (κ3) is 4.98. The Labute approximate surface area is 209 Å². The number of fused-ring (bicyclic) bond motifs is 1. The fourth-order valence-electron chi connectivity index (χ4n) is 3.47. The van der Waals surface area contributed by atoms with Crippen LogP contribution < -0.4 is 10.3 Å². The topological polar surface area (TPSA) is 99.6 Å². The standard InChI is InChI=1S/C24H16BrF3N4O4/c1-2-36-21-18(25)10-14(11-20(21)32(34)35)13-29-31-22(15-6-5-7-16(12-15)24(26,27)28)30-19-9-4-3-8-17(19)23(31)33/h3-13H,2H2,1H3. The quantitative estimate of drug-likeness (QED) is 0.163. The molecule has 0 atom stereocenters. The number of halogens is 4. The van der Waals surface area contributed by atoms with Crippen LogP contribution in [-0.4, -0.2) is 27.4 Å². The fourth-order valence-corrected chi connectivity index (χ4v) is 4.06. The first-order valence-corrected chi connectivity index (χ1v) is 11.2. The number of aromatic nitrogens is 2. The van der Waals surface area contributed by atoms with Crippen molar-refractivity contribution >= 4 is 38.7 Å². The van der Waals surface area contributed by atoms with Gasteiger partial charge in [-0.25, -0.2) is 4.98 Å². The zero-order chi connectivity index (χ0) is 26.0. The number of alkyl halides is 3. The molecule has 8 nitrogen and oxygen atoms in total. The summed E-state index contributed by atoms with van der Waals surface area (Å²) in [5.74, 6) is -0.0885. The lowest BCUT2D eigenvalue weighted by Crippen LogP contribution is -2.20. The Hall–Kier alpha value is -4.06. The van der Waals surface area contributed by atoms with Gasteiger partial charge in [-0.2, -0.15) is 22.9 Å². The van der Waals surface area contributed by atoms with Gasteiger partial charge in [-0.1, -0.05) is 24.3 Å². The van der Waals surface area contributed by atoms with Crippen LogP contribution in [-0.2, 0) is 6.18 Å². The van der Waals surface area contributed by atoms with E-state index in [0.29, 0.717) is 4.47 Å². The first-order valence-electron chi connectivity index (χ1n) is 10.4. The number of rotatable bonds is 6. The maximum atomic E-state index is 13.3. The molecule has 12 heteroatoms. The van der Waals surface area contributed by atoms with Gasteiger partial charge in [0.2, 0.25) is 5.75 Å². The van der Waals surface area contributed by atoms with Gasteiger partial charge in [0, 0.05) is 17.2 Å². The molecule has 0 fully saturated rings. The Bertz CT molecular complexity index is 1570. The normalized spacial score (nSPS) is 11.8. The molecular weight excluding hydrogens is 545 g/mol. The maximum absolute atomic E-state index is 13.3. The van der Waals surface area contributed by atoms with Gasteiger partial charge in [-0.3, -0.25) is 14.9 Å². The zero-order valence-electron chi connectivity index (χ0n) is 18.5. The largest absolute Gasteiger partial charge is 0.486 e. The van der Waals surface area contributed by atoms with E-state index in [2.05, 4.69) is 26.0 Å². The number of nitro benzene ring substituents is 1. The molecule has 0 aliphatic carbocycles. The van der Waals surface area contributed by atoms with Crippen LogP contribution in [0.3, 0.4) is 0 Å². The Kier molecular flexibility index (Phi) is 6.88. The molecule has 1 aromatic heterocycles. The average Bonchev–Trinajstić information content (AvgIpc) is 2.84. The highest BCUT2D eigenvalue weighted by atomic mass is 79.9. The lowest BCUT2D eigenvalue weighted by molar-refractivity contribution is -0.385. The van der Waals surface area contributed by atoms with E-state index in [0.717, 1.165) is 16.8 Å². The summed E-state index contributed by atoms with van der Waals surface area (Å²) >= 11 is 3.24. The van der Waals surface area contributed by atoms with Crippen molar-refractivity contribution in [1.29, 1.82) is 0 Å². The summed E-state index contributed by atoms with van der Waals surface area (Å²) < 4.78 is 46.5. The summed E-state index contributed by atoms with van der Waals surface area (Å²) in [5, 5.41) is 15.9. The highest BCUT2D eigenvalue weighted by Gasteiger charge is 2.31. The monoisotopic (exact) mass is 560 g/mol. The SMILES string of the molecule is CCOc1c(Br)cc(C=Nn2c(-c3cccc(C(F)(F)F)c3)nc3ccccc3c2=O)cc1[N+](=O)[O-]. The minimum atomic E-state index is -4.60. The molecule has 3 aromatic carbocycles. The number of hydrogen-bond acceptors (Lipinski definition) is 6. The Morgan fingerprint density at radius 2 is 1.92 bits per heavy atom. The van der Waals surface area contributed by atoms with Crippen LogP contribution in [0, 0.1) is 10.1 Å². The van der Waals surface area contributed by atoms with Crippen molar-refractivity contribution in [2.45, 2.75) is 13.1 Å². The van der Waals surface area contributed by atoms with E-state index >= 15 is 0 Å². The number of nitro groups is 1. The average molecular weight is 561 g/mol. The molecule has 0 saturated heterocycles. The molecule has 0 bridgehead atoms. The molecule has 0 aliphatic rings. The molecule has 0 saturated carbocycles. The summed E-state index contributed by atoms with van der Waals surface area (Å²) in [6, 6.07) is 13.4. The van der Waals surface area contributed by atoms with Crippen LogP contribution in [0.4, 0.5) is 18.9 Å². The minimum Gasteiger partial charge on any atom is -0.486 e. The van der Waals surface area contributed by atoms with Crippen LogP contribution in [0.15, 0.2) is 75.0 Å². The second-order valence-corrected chi connectivity index (χ2v) is 8.29. The van der Waals surface area contributed by atoms with Gasteiger partial charge >= 0.3 is 11.9 Å². The number of ether oxygens (including phenoxy) is 1. The van der Waals surface area contributed by atoms with Gasteiger partial charge in [0.25, 0.3) is 5.56 Å². The number of benzene rings is 3. The second kappa shape index (κ2) is 9.90. The van der Waals surface area contributed by atoms with E-state index in [1.54, 1.807) is 25.1 Å². The van der Waals surface area contributed by atoms with E-state index in [1.807, 2.05) is 0 Å². The smallest absolute Gasteiger partial charge is 0.416 e. The van der Waals surface area contributed by atoms with Gasteiger partial charge in [-0.05, 0) is 53.2 Å². The lowest BCUT2D eigenvalue weighted by Gasteiger charge is -2.12. The molecule has 4 rings (SSSR count). The van der Waals surface area contributed by atoms with Crippen molar-refractivity contribution in [3.05, 3.63) is 96.7 Å². The van der Waals surface area contributed by atoms with E-state index in [1.165, 1.54) is 36.5 Å². The summed E-state index contributed by atoms with van der Waals surface area (Å²) in [6.07, 6.45) is -3.42. The van der Waals surface area contributed by atoms with Crippen LogP contribution in [0.1, 0.15) is 18.1 Å². The van der Waals surface area contributed by atoms with E-state index in [-0.39, 0.29) is 45.9 Å². The van der Waals surface area contributed by atoms with Crippen molar-refractivity contribution < 1.29 is 22.8 Å². The van der Waals surface area contributed by atoms with Gasteiger partial charge in [0.15, 0.2) is 5.82 Å². The summed E-state index contributed by atoms with van der Waals surface area (Å²) in [6.45, 7) is 1.88. The molecular formula is C24H16BrF3N4O4. The lowest BCUT2D eigenvalue weighted by atomic mass is 10.1. The van der Waals surface area contributed by atoms with Gasteiger partial charge in [0.05, 0.1) is 38.7 Å². The Morgan fingerprint density at radius 1 is 1.17 bits per heavy atom. The maximum Gasteiger partial charge on any atom is 0.416 e. The minimum absolute atomic E-state index is 0.0173. The van der Waals surface area contributed by atoms with Crippen molar-refractivity contribution in [3.8, 4) is 17.1 Å². The number of para-hydroxylation sites is 1. The van der Waals surface area contributed by atoms with Gasteiger partial charge < -0.3 is 4.74 Å². The van der Waals surface area contributed by atoms with Crippen molar-refractivity contribution in [3.63, 3.8) is 0 Å². The third-order valence-corrected chi connectivity index (χ3v) is 5.64. The van der Waals surface area contributed by atoms with E-state index < -0.39 is 22.2 Å². The number of hydrogen-bond donors (Lipinski definition) is 0. The molecule has 36 heavy (non-hydrogen) atoms. The summed E-state index contributed by atoms with van der Waals surface area (Å²) in [7, 11) is 0. The van der Waals surface area contributed by atoms with Crippen molar-refractivity contribution in [1.82, 2.24) is 9.66 Å². The second-order valence-electron chi connectivity index (χ2n) is 7.43. The molecule has 0 spiro atoms. The summed E-state index contributed by atoms with van der Waals surface area (Å²) in [5.41, 5.74) is -1.32. The molecule has 0 aliphatic heterocycles. The highest BCUT2D eigenvalue weighted by Crippen LogP contribution is 2.36. The number of nitrogens with zero attached hydrogens (tertiary/aromatic N) is 4.